The molecule has 0 aliphatic carbocycles. The molecule has 0 fully saturated rings. The molecule has 0 aromatic carbocycles. The van der Waals surface area contributed by atoms with Crippen LogP contribution >= 0.6 is 7.60 Å². The SMILES string of the molecule is C[Si](C)(C)OP(=O)(CCC(=O)O)O[Si](C)(C)C. The molecule has 0 atom stereocenters. The van der Waals surface area contributed by atoms with Crippen LogP contribution in [-0.2, 0) is 17.8 Å². The van der Waals surface area contributed by atoms with E-state index in [0.29, 0.717) is 0 Å². The van der Waals surface area contributed by atoms with Crippen molar-refractivity contribution in [3.8, 4) is 0 Å². The zero-order valence-corrected chi connectivity index (χ0v) is 14.3. The van der Waals surface area contributed by atoms with Crippen molar-refractivity contribution in [2.24, 2.45) is 0 Å². The number of hydrogen-bond donors (Lipinski definition) is 1. The van der Waals surface area contributed by atoms with Crippen LogP contribution in [0.1, 0.15) is 6.42 Å². The lowest BCUT2D eigenvalue weighted by Crippen LogP contribution is -2.30. The van der Waals surface area contributed by atoms with E-state index in [2.05, 4.69) is 0 Å². The van der Waals surface area contributed by atoms with Crippen LogP contribution in [0, 0.1) is 0 Å². The molecule has 0 aliphatic rings. The van der Waals surface area contributed by atoms with E-state index in [0.717, 1.165) is 0 Å². The van der Waals surface area contributed by atoms with Crippen molar-refractivity contribution in [1.82, 2.24) is 0 Å². The minimum atomic E-state index is -3.27. The van der Waals surface area contributed by atoms with E-state index >= 15 is 0 Å². The Morgan fingerprint density at radius 3 is 1.65 bits per heavy atom. The van der Waals surface area contributed by atoms with E-state index in [-0.39, 0.29) is 12.6 Å². The summed E-state index contributed by atoms with van der Waals surface area (Å²) < 4.78 is 23.7. The van der Waals surface area contributed by atoms with Gasteiger partial charge in [0.1, 0.15) is 0 Å². The summed E-state index contributed by atoms with van der Waals surface area (Å²) in [6.45, 7) is 11.5. The van der Waals surface area contributed by atoms with Crippen molar-refractivity contribution in [3.05, 3.63) is 0 Å². The average Bonchev–Trinajstić information content (AvgIpc) is 1.93. The summed E-state index contributed by atoms with van der Waals surface area (Å²) in [6.07, 6.45) is -0.233. The molecule has 5 nitrogen and oxygen atoms in total. The van der Waals surface area contributed by atoms with E-state index in [1.54, 1.807) is 0 Å². The fourth-order valence-electron chi connectivity index (χ4n) is 1.18. The highest BCUT2D eigenvalue weighted by atomic mass is 31.2. The second-order valence-corrected chi connectivity index (χ2v) is 17.5. The number of hydrogen-bond acceptors (Lipinski definition) is 4. The molecule has 17 heavy (non-hydrogen) atoms. The summed E-state index contributed by atoms with van der Waals surface area (Å²) in [5, 5.41) is 8.66. The molecule has 0 spiro atoms. The van der Waals surface area contributed by atoms with Crippen molar-refractivity contribution >= 4 is 30.2 Å². The van der Waals surface area contributed by atoms with Crippen molar-refractivity contribution in [1.29, 1.82) is 0 Å². The van der Waals surface area contributed by atoms with Gasteiger partial charge < -0.3 is 13.5 Å². The first-order valence-corrected chi connectivity index (χ1v) is 14.1. The number of carboxylic acid groups (broad SMARTS) is 1. The van der Waals surface area contributed by atoms with E-state index in [4.69, 9.17) is 13.5 Å². The zero-order valence-electron chi connectivity index (χ0n) is 11.4. The number of rotatable bonds is 7. The van der Waals surface area contributed by atoms with Crippen molar-refractivity contribution in [2.45, 2.75) is 45.7 Å². The molecule has 102 valence electrons. The van der Waals surface area contributed by atoms with Gasteiger partial charge in [-0.05, 0) is 39.3 Å². The third-order valence-electron chi connectivity index (χ3n) is 1.43. The van der Waals surface area contributed by atoms with Crippen molar-refractivity contribution < 1.29 is 22.9 Å². The molecule has 0 saturated heterocycles. The first kappa shape index (κ1) is 17.1. The minimum Gasteiger partial charge on any atom is -0.481 e. The molecular formula is C9H23O5PSi2. The summed E-state index contributed by atoms with van der Waals surface area (Å²) in [5.41, 5.74) is 0. The van der Waals surface area contributed by atoms with Gasteiger partial charge in [-0.2, -0.15) is 0 Å². The molecule has 0 radical (unpaired) electrons. The highest BCUT2D eigenvalue weighted by Crippen LogP contribution is 2.53. The van der Waals surface area contributed by atoms with Gasteiger partial charge in [0.15, 0.2) is 16.6 Å². The molecule has 0 aromatic heterocycles. The maximum atomic E-state index is 12.5. The van der Waals surface area contributed by atoms with Crippen LogP contribution in [0.5, 0.6) is 0 Å². The topological polar surface area (TPSA) is 72.8 Å². The number of aliphatic carboxylic acids is 1. The third kappa shape index (κ3) is 9.73. The lowest BCUT2D eigenvalue weighted by Gasteiger charge is -2.30. The Hall–Kier alpha value is 0.0538. The summed E-state index contributed by atoms with van der Waals surface area (Å²) in [7, 11) is -7.32. The van der Waals surface area contributed by atoms with E-state index in [1.165, 1.54) is 0 Å². The van der Waals surface area contributed by atoms with Crippen LogP contribution in [0.15, 0.2) is 0 Å². The molecule has 0 saturated carbocycles. The average molecular weight is 298 g/mol. The summed E-state index contributed by atoms with van der Waals surface area (Å²) in [5.74, 6) is -0.983. The first-order valence-electron chi connectivity index (χ1n) is 5.55. The second kappa shape index (κ2) is 5.80. The van der Waals surface area contributed by atoms with Gasteiger partial charge in [-0.3, -0.25) is 9.36 Å². The Morgan fingerprint density at radius 1 is 1.06 bits per heavy atom. The second-order valence-electron chi connectivity index (χ2n) is 5.89. The van der Waals surface area contributed by atoms with Crippen LogP contribution in [0.2, 0.25) is 39.3 Å². The first-order chi connectivity index (χ1) is 7.33. The van der Waals surface area contributed by atoms with Gasteiger partial charge in [-0.15, -0.1) is 0 Å². The van der Waals surface area contributed by atoms with Gasteiger partial charge in [0, 0.05) is 0 Å². The Morgan fingerprint density at radius 2 is 1.41 bits per heavy atom. The van der Waals surface area contributed by atoms with Gasteiger partial charge in [0.25, 0.3) is 0 Å². The lowest BCUT2D eigenvalue weighted by molar-refractivity contribution is -0.136. The fourth-order valence-corrected chi connectivity index (χ4v) is 9.53. The maximum absolute atomic E-state index is 12.5. The Labute approximate surface area is 105 Å². The van der Waals surface area contributed by atoms with Crippen molar-refractivity contribution in [2.75, 3.05) is 6.16 Å². The summed E-state index contributed by atoms with van der Waals surface area (Å²) in [4.78, 5) is 10.6. The molecule has 8 heteroatoms. The van der Waals surface area contributed by atoms with Crippen LogP contribution in [0.25, 0.3) is 0 Å². The van der Waals surface area contributed by atoms with E-state index in [9.17, 15) is 9.36 Å². The van der Waals surface area contributed by atoms with Crippen LogP contribution < -0.4 is 0 Å². The largest absolute Gasteiger partial charge is 0.481 e. The maximum Gasteiger partial charge on any atom is 0.312 e. The number of carbonyl (C=O) groups is 1. The summed E-state index contributed by atoms with van der Waals surface area (Å²) >= 11 is 0. The highest BCUT2D eigenvalue weighted by molar-refractivity contribution is 7.57. The molecule has 0 unspecified atom stereocenters. The molecule has 0 aromatic rings. The lowest BCUT2D eigenvalue weighted by atomic mass is 10.5. The monoisotopic (exact) mass is 298 g/mol. The van der Waals surface area contributed by atoms with Gasteiger partial charge in [-0.25, -0.2) is 0 Å². The van der Waals surface area contributed by atoms with Crippen LogP contribution in [-0.4, -0.2) is 33.9 Å². The normalized spacial score (nSPS) is 13.8. The zero-order chi connectivity index (χ0) is 13.9. The number of carboxylic acids is 1. The minimum absolute atomic E-state index is 0.0448. The molecule has 1 N–H and O–H groups in total. The summed E-state index contributed by atoms with van der Waals surface area (Å²) in [6, 6.07) is 0. The molecule has 0 heterocycles. The van der Waals surface area contributed by atoms with Gasteiger partial charge >= 0.3 is 13.6 Å². The van der Waals surface area contributed by atoms with E-state index in [1.807, 2.05) is 39.3 Å². The van der Waals surface area contributed by atoms with Crippen molar-refractivity contribution in [3.63, 3.8) is 0 Å². The predicted molar refractivity (Wildman–Crippen MR) is 73.6 cm³/mol. The molecular weight excluding hydrogens is 275 g/mol. The molecule has 0 rings (SSSR count). The highest BCUT2D eigenvalue weighted by Gasteiger charge is 2.36. The quantitative estimate of drug-likeness (QED) is 0.576. The third-order valence-corrected chi connectivity index (χ3v) is 8.80. The smallest absolute Gasteiger partial charge is 0.312 e. The Kier molecular flexibility index (Phi) is 5.81. The van der Waals surface area contributed by atoms with Gasteiger partial charge in [0.05, 0.1) is 12.6 Å². The van der Waals surface area contributed by atoms with Crippen LogP contribution in [0.4, 0.5) is 0 Å². The van der Waals surface area contributed by atoms with Crippen LogP contribution in [0.3, 0.4) is 0 Å². The molecule has 0 bridgehead atoms. The molecule has 0 amide bonds. The Bertz CT molecular complexity index is 298. The standard InChI is InChI=1S/C9H23O5PSi2/c1-16(2,3)13-15(12,8-7-9(10)11)14-17(4,5)6/h7-8H2,1-6H3,(H,10,11). The Balaban J connectivity index is 4.82. The fraction of sp³-hybridized carbons (Fsp3) is 0.889. The van der Waals surface area contributed by atoms with Gasteiger partial charge in [-0.1, -0.05) is 0 Å². The van der Waals surface area contributed by atoms with E-state index < -0.39 is 30.2 Å². The van der Waals surface area contributed by atoms with Gasteiger partial charge in [0.2, 0.25) is 0 Å². The predicted octanol–water partition coefficient (Wildman–Crippen LogP) is 3.36. The molecule has 0 aliphatic heterocycles.